The van der Waals surface area contributed by atoms with Crippen LogP contribution in [0.5, 0.6) is 0 Å². The lowest BCUT2D eigenvalue weighted by Crippen LogP contribution is -2.34. The van der Waals surface area contributed by atoms with Crippen LogP contribution in [0.25, 0.3) is 0 Å². The zero-order valence-electron chi connectivity index (χ0n) is 17.0. The summed E-state index contributed by atoms with van der Waals surface area (Å²) >= 11 is 0. The van der Waals surface area contributed by atoms with Gasteiger partial charge in [0.1, 0.15) is 0 Å². The molecule has 2 rings (SSSR count). The number of ether oxygens (including phenoxy) is 2. The van der Waals surface area contributed by atoms with Crippen molar-refractivity contribution in [3.63, 3.8) is 0 Å². The van der Waals surface area contributed by atoms with E-state index in [-0.39, 0.29) is 41.2 Å². The van der Waals surface area contributed by atoms with Crippen LogP contribution in [-0.4, -0.2) is 38.6 Å². The first-order valence-electron chi connectivity index (χ1n) is 9.26. The number of carbonyl (C=O) groups excluding carboxylic acids is 3. The molecule has 0 aliphatic rings. The highest BCUT2D eigenvalue weighted by Crippen LogP contribution is 2.22. The second-order valence-electron chi connectivity index (χ2n) is 6.80. The molecule has 29 heavy (non-hydrogen) atoms. The van der Waals surface area contributed by atoms with Crippen LogP contribution < -0.4 is 10.6 Å². The molecule has 2 aromatic rings. The van der Waals surface area contributed by atoms with Crippen molar-refractivity contribution in [1.29, 1.82) is 0 Å². The molecule has 1 unspecified atom stereocenters. The maximum absolute atomic E-state index is 12.5. The fraction of sp³-hybridized carbons (Fsp3) is 0.318. The van der Waals surface area contributed by atoms with E-state index < -0.39 is 11.9 Å². The van der Waals surface area contributed by atoms with Crippen LogP contribution in [0.1, 0.15) is 46.2 Å². The largest absolute Gasteiger partial charge is 0.465 e. The van der Waals surface area contributed by atoms with Gasteiger partial charge in [0.05, 0.1) is 37.6 Å². The van der Waals surface area contributed by atoms with Gasteiger partial charge in [-0.25, -0.2) is 9.59 Å². The van der Waals surface area contributed by atoms with Crippen molar-refractivity contribution in [3.8, 4) is 0 Å². The van der Waals surface area contributed by atoms with Gasteiger partial charge < -0.3 is 20.1 Å². The summed E-state index contributed by atoms with van der Waals surface area (Å²) in [6, 6.07) is 14.1. The van der Waals surface area contributed by atoms with Crippen molar-refractivity contribution in [2.45, 2.75) is 19.9 Å². The molecule has 1 atom stereocenters. The third-order valence-electron chi connectivity index (χ3n) is 4.43. The number of amides is 1. The Morgan fingerprint density at radius 3 is 2.17 bits per heavy atom. The van der Waals surface area contributed by atoms with Crippen LogP contribution in [0.3, 0.4) is 0 Å². The Kier molecular flexibility index (Phi) is 7.91. The summed E-state index contributed by atoms with van der Waals surface area (Å²) in [4.78, 5) is 36.3. The smallest absolute Gasteiger partial charge is 0.339 e. The van der Waals surface area contributed by atoms with Crippen LogP contribution >= 0.6 is 0 Å². The highest BCUT2D eigenvalue weighted by atomic mass is 16.5. The first-order chi connectivity index (χ1) is 13.9. The van der Waals surface area contributed by atoms with Gasteiger partial charge in [-0.05, 0) is 29.7 Å². The van der Waals surface area contributed by atoms with Crippen LogP contribution in [0.15, 0.2) is 48.5 Å². The minimum atomic E-state index is -0.617. The lowest BCUT2D eigenvalue weighted by molar-refractivity contribution is -0.115. The van der Waals surface area contributed by atoms with Gasteiger partial charge >= 0.3 is 11.9 Å². The van der Waals surface area contributed by atoms with E-state index in [1.807, 2.05) is 30.3 Å². The summed E-state index contributed by atoms with van der Waals surface area (Å²) in [6.45, 7) is 4.16. The number of hydrogen-bond donors (Lipinski definition) is 2. The zero-order valence-corrected chi connectivity index (χ0v) is 17.0. The Hall–Kier alpha value is -3.19. The summed E-state index contributed by atoms with van der Waals surface area (Å²) in [5, 5.41) is 5.93. The highest BCUT2D eigenvalue weighted by Gasteiger charge is 2.19. The standard InChI is InChI=1S/C22H26N2O5/c1-14(2)20(15-8-6-5-7-9-15)23-13-19(25)24-18-12-16(21(26)28-3)10-11-17(18)22(27)29-4/h5-12,14,20,23H,13H2,1-4H3,(H,24,25). The van der Waals surface area contributed by atoms with E-state index in [4.69, 9.17) is 9.47 Å². The highest BCUT2D eigenvalue weighted by molar-refractivity contribution is 6.03. The molecular weight excluding hydrogens is 372 g/mol. The molecule has 7 heteroatoms. The lowest BCUT2D eigenvalue weighted by Gasteiger charge is -2.23. The number of anilines is 1. The van der Waals surface area contributed by atoms with Gasteiger partial charge in [-0.3, -0.25) is 4.79 Å². The minimum absolute atomic E-state index is 0.0107. The van der Waals surface area contributed by atoms with Crippen LogP contribution in [0, 0.1) is 5.92 Å². The number of carbonyl (C=O) groups is 3. The number of hydrogen-bond acceptors (Lipinski definition) is 6. The van der Waals surface area contributed by atoms with Crippen molar-refractivity contribution in [1.82, 2.24) is 5.32 Å². The Morgan fingerprint density at radius 1 is 0.931 bits per heavy atom. The van der Waals surface area contributed by atoms with E-state index in [1.54, 1.807) is 0 Å². The first kappa shape index (κ1) is 22.1. The van der Waals surface area contributed by atoms with Crippen LogP contribution in [0.4, 0.5) is 5.69 Å². The van der Waals surface area contributed by atoms with E-state index >= 15 is 0 Å². The topological polar surface area (TPSA) is 93.7 Å². The third kappa shape index (κ3) is 5.89. The molecule has 0 heterocycles. The molecule has 0 saturated heterocycles. The number of rotatable bonds is 8. The van der Waals surface area contributed by atoms with E-state index in [0.29, 0.717) is 0 Å². The van der Waals surface area contributed by atoms with E-state index in [0.717, 1.165) is 5.56 Å². The van der Waals surface area contributed by atoms with Crippen LogP contribution in [0.2, 0.25) is 0 Å². The summed E-state index contributed by atoms with van der Waals surface area (Å²) in [5.41, 5.74) is 1.63. The molecule has 2 aromatic carbocycles. The summed E-state index contributed by atoms with van der Waals surface area (Å²) in [5.74, 6) is -1.27. The molecule has 1 amide bonds. The van der Waals surface area contributed by atoms with Crippen LogP contribution in [-0.2, 0) is 14.3 Å². The number of esters is 2. The second kappa shape index (κ2) is 10.4. The Morgan fingerprint density at radius 2 is 1.59 bits per heavy atom. The van der Waals surface area contributed by atoms with E-state index in [9.17, 15) is 14.4 Å². The molecule has 0 aromatic heterocycles. The average molecular weight is 398 g/mol. The Labute approximate surface area is 170 Å². The molecule has 0 saturated carbocycles. The monoisotopic (exact) mass is 398 g/mol. The zero-order chi connectivity index (χ0) is 21.4. The third-order valence-corrected chi connectivity index (χ3v) is 4.43. The molecule has 2 N–H and O–H groups in total. The van der Waals surface area contributed by atoms with E-state index in [2.05, 4.69) is 24.5 Å². The van der Waals surface area contributed by atoms with Gasteiger partial charge in [-0.15, -0.1) is 0 Å². The predicted octanol–water partition coefficient (Wildman–Crippen LogP) is 3.19. The lowest BCUT2D eigenvalue weighted by atomic mass is 9.96. The normalized spacial score (nSPS) is 11.6. The average Bonchev–Trinajstić information content (AvgIpc) is 2.73. The van der Waals surface area contributed by atoms with Crippen molar-refractivity contribution >= 4 is 23.5 Å². The van der Waals surface area contributed by atoms with Crippen molar-refractivity contribution in [3.05, 3.63) is 65.2 Å². The van der Waals surface area contributed by atoms with Crippen molar-refractivity contribution < 1.29 is 23.9 Å². The number of benzene rings is 2. The van der Waals surface area contributed by atoms with E-state index in [1.165, 1.54) is 32.4 Å². The van der Waals surface area contributed by atoms with Gasteiger partial charge in [0.2, 0.25) is 5.91 Å². The minimum Gasteiger partial charge on any atom is -0.465 e. The quantitative estimate of drug-likeness (QED) is 0.664. The molecule has 0 radical (unpaired) electrons. The SMILES string of the molecule is COC(=O)c1ccc(C(=O)OC)c(NC(=O)CNC(c2ccccc2)C(C)C)c1. The first-order valence-corrected chi connectivity index (χ1v) is 9.26. The van der Waals surface area contributed by atoms with Gasteiger partial charge in [0.15, 0.2) is 0 Å². The molecule has 0 aliphatic heterocycles. The second-order valence-corrected chi connectivity index (χ2v) is 6.80. The Bertz CT molecular complexity index is 865. The van der Waals surface area contributed by atoms with Crippen molar-refractivity contribution in [2.24, 2.45) is 5.92 Å². The molecule has 0 bridgehead atoms. The maximum Gasteiger partial charge on any atom is 0.339 e. The molecule has 0 aliphatic carbocycles. The van der Waals surface area contributed by atoms with Gasteiger partial charge in [-0.2, -0.15) is 0 Å². The summed E-state index contributed by atoms with van der Waals surface area (Å²) in [6.07, 6.45) is 0. The van der Waals surface area contributed by atoms with Gasteiger partial charge in [0.25, 0.3) is 0 Å². The fourth-order valence-electron chi connectivity index (χ4n) is 2.98. The molecule has 0 spiro atoms. The van der Waals surface area contributed by atoms with Gasteiger partial charge in [-0.1, -0.05) is 44.2 Å². The number of methoxy groups -OCH3 is 2. The molecule has 7 nitrogen and oxygen atoms in total. The molecule has 154 valence electrons. The maximum atomic E-state index is 12.5. The van der Waals surface area contributed by atoms with Gasteiger partial charge in [0, 0.05) is 6.04 Å². The molecule has 0 fully saturated rings. The summed E-state index contributed by atoms with van der Waals surface area (Å²) < 4.78 is 9.45. The van der Waals surface area contributed by atoms with Crippen molar-refractivity contribution in [2.75, 3.05) is 26.1 Å². The molecular formula is C22H26N2O5. The number of nitrogens with one attached hydrogen (secondary N) is 2. The fourth-order valence-corrected chi connectivity index (χ4v) is 2.98. The summed E-state index contributed by atoms with van der Waals surface area (Å²) in [7, 11) is 2.51. The predicted molar refractivity (Wildman–Crippen MR) is 110 cm³/mol. The Balaban J connectivity index is 2.16.